The van der Waals surface area contributed by atoms with Crippen molar-refractivity contribution in [3.63, 3.8) is 0 Å². The summed E-state index contributed by atoms with van der Waals surface area (Å²) >= 11 is 0. The van der Waals surface area contributed by atoms with E-state index in [0.29, 0.717) is 0 Å². The van der Waals surface area contributed by atoms with Crippen molar-refractivity contribution in [1.82, 2.24) is 9.97 Å². The molecule has 1 aromatic heterocycles. The number of hydrogen-bond donors (Lipinski definition) is 1. The summed E-state index contributed by atoms with van der Waals surface area (Å²) in [6.07, 6.45) is 12.9. The molecule has 0 aliphatic heterocycles. The van der Waals surface area contributed by atoms with Crippen LogP contribution in [0.2, 0.25) is 0 Å². The summed E-state index contributed by atoms with van der Waals surface area (Å²) in [6.45, 7) is 4.30. The van der Waals surface area contributed by atoms with Gasteiger partial charge < -0.3 is 5.11 Å². The number of benzene rings is 1. The van der Waals surface area contributed by atoms with E-state index in [-0.39, 0.29) is 17.3 Å². The van der Waals surface area contributed by atoms with Gasteiger partial charge in [0.15, 0.2) is 5.82 Å². The van der Waals surface area contributed by atoms with Gasteiger partial charge in [0.2, 0.25) is 0 Å². The molecule has 27 heavy (non-hydrogen) atoms. The van der Waals surface area contributed by atoms with Gasteiger partial charge in [-0.05, 0) is 30.4 Å². The van der Waals surface area contributed by atoms with Gasteiger partial charge in [-0.2, -0.15) is 0 Å². The predicted molar refractivity (Wildman–Crippen MR) is 110 cm³/mol. The van der Waals surface area contributed by atoms with Gasteiger partial charge in [-0.1, -0.05) is 75.9 Å². The van der Waals surface area contributed by atoms with Crippen molar-refractivity contribution < 1.29 is 9.90 Å². The standard InChI is InChI=1S/C23H30N2O2/c1-3-5-6-8-12-18-16-24-22(25-17-18)21(23(26)27)15-20(11-4-2)19-13-9-7-10-14-19/h7,9-10,13-17,20H,3-6,8,11-12H2,1-2H3,(H,26,27)/b21-15+. The third kappa shape index (κ3) is 6.63. The quantitative estimate of drug-likeness (QED) is 0.412. The molecule has 0 aliphatic rings. The molecule has 144 valence electrons. The minimum absolute atomic E-state index is 0.0413. The number of carboxylic acids is 1. The molecule has 1 N–H and O–H groups in total. The summed E-state index contributed by atoms with van der Waals surface area (Å²) in [6, 6.07) is 10.0. The van der Waals surface area contributed by atoms with E-state index in [1.807, 2.05) is 30.3 Å². The first-order valence-electron chi connectivity index (χ1n) is 9.97. The number of aryl methyl sites for hydroxylation is 1. The Labute approximate surface area is 162 Å². The zero-order valence-corrected chi connectivity index (χ0v) is 16.4. The van der Waals surface area contributed by atoms with Crippen molar-refractivity contribution >= 4 is 11.5 Å². The fraction of sp³-hybridized carbons (Fsp3) is 0.435. The van der Waals surface area contributed by atoms with Crippen molar-refractivity contribution in [1.29, 1.82) is 0 Å². The van der Waals surface area contributed by atoms with E-state index in [1.165, 1.54) is 19.3 Å². The lowest BCUT2D eigenvalue weighted by atomic mass is 9.92. The third-order valence-corrected chi connectivity index (χ3v) is 4.69. The first kappa shape index (κ1) is 20.8. The molecule has 1 heterocycles. The van der Waals surface area contributed by atoms with Crippen LogP contribution in [0.15, 0.2) is 48.8 Å². The summed E-state index contributed by atoms with van der Waals surface area (Å²) in [5.74, 6) is -0.654. The summed E-state index contributed by atoms with van der Waals surface area (Å²) in [4.78, 5) is 20.5. The van der Waals surface area contributed by atoms with E-state index >= 15 is 0 Å². The number of hydrogen-bond acceptors (Lipinski definition) is 3. The Kier molecular flexibility index (Phi) is 8.69. The molecule has 0 amide bonds. The van der Waals surface area contributed by atoms with E-state index in [0.717, 1.165) is 36.8 Å². The summed E-state index contributed by atoms with van der Waals surface area (Å²) in [7, 11) is 0. The second-order valence-corrected chi connectivity index (χ2v) is 6.92. The van der Waals surface area contributed by atoms with Crippen LogP contribution in [0.3, 0.4) is 0 Å². The molecule has 1 aromatic carbocycles. The predicted octanol–water partition coefficient (Wildman–Crippen LogP) is 5.65. The fourth-order valence-corrected chi connectivity index (χ4v) is 3.18. The maximum absolute atomic E-state index is 11.9. The second-order valence-electron chi connectivity index (χ2n) is 6.92. The van der Waals surface area contributed by atoms with E-state index < -0.39 is 5.97 Å². The SMILES string of the molecule is CCCCCCc1cnc(/C(=C\C(CCC)c2ccccc2)C(=O)O)nc1. The maximum atomic E-state index is 11.9. The third-order valence-electron chi connectivity index (χ3n) is 4.69. The Balaban J connectivity index is 2.20. The Morgan fingerprint density at radius 2 is 1.74 bits per heavy atom. The molecule has 2 aromatic rings. The highest BCUT2D eigenvalue weighted by molar-refractivity contribution is 6.14. The van der Waals surface area contributed by atoms with Crippen LogP contribution >= 0.6 is 0 Å². The molecule has 2 rings (SSSR count). The number of unbranched alkanes of at least 4 members (excludes halogenated alkanes) is 3. The Bertz CT molecular complexity index is 724. The molecule has 4 nitrogen and oxygen atoms in total. The first-order valence-corrected chi connectivity index (χ1v) is 9.97. The molecule has 0 fully saturated rings. The summed E-state index contributed by atoms with van der Waals surface area (Å²) < 4.78 is 0. The highest BCUT2D eigenvalue weighted by Gasteiger charge is 2.17. The lowest BCUT2D eigenvalue weighted by Gasteiger charge is -2.14. The fourth-order valence-electron chi connectivity index (χ4n) is 3.18. The molecule has 0 saturated heterocycles. The molecular formula is C23H30N2O2. The van der Waals surface area contributed by atoms with E-state index in [2.05, 4.69) is 23.8 Å². The van der Waals surface area contributed by atoms with Crippen LogP contribution < -0.4 is 0 Å². The maximum Gasteiger partial charge on any atom is 0.339 e. The number of aromatic nitrogens is 2. The van der Waals surface area contributed by atoms with Crippen LogP contribution in [0.1, 0.15) is 75.2 Å². The van der Waals surface area contributed by atoms with Crippen molar-refractivity contribution in [3.05, 3.63) is 65.8 Å². The molecular weight excluding hydrogens is 336 g/mol. The van der Waals surface area contributed by atoms with Gasteiger partial charge in [0, 0.05) is 18.3 Å². The normalized spacial score (nSPS) is 12.7. The first-order chi connectivity index (χ1) is 13.2. The molecule has 4 heteroatoms. The van der Waals surface area contributed by atoms with Crippen LogP contribution in [0.5, 0.6) is 0 Å². The van der Waals surface area contributed by atoms with Crippen LogP contribution in [0.25, 0.3) is 5.57 Å². The van der Waals surface area contributed by atoms with Crippen molar-refractivity contribution in [2.24, 2.45) is 0 Å². The monoisotopic (exact) mass is 366 g/mol. The summed E-state index contributed by atoms with van der Waals surface area (Å²) in [5.41, 5.74) is 2.35. The van der Waals surface area contributed by atoms with Crippen LogP contribution in [-0.2, 0) is 11.2 Å². The molecule has 0 radical (unpaired) electrons. The Hall–Kier alpha value is -2.49. The van der Waals surface area contributed by atoms with Gasteiger partial charge >= 0.3 is 5.97 Å². The van der Waals surface area contributed by atoms with Crippen LogP contribution in [0, 0.1) is 0 Å². The molecule has 1 unspecified atom stereocenters. The molecule has 1 atom stereocenters. The molecule has 0 bridgehead atoms. The van der Waals surface area contributed by atoms with Gasteiger partial charge in [0.05, 0.1) is 0 Å². The Morgan fingerprint density at radius 1 is 1.04 bits per heavy atom. The minimum Gasteiger partial charge on any atom is -0.478 e. The lowest BCUT2D eigenvalue weighted by Crippen LogP contribution is -2.07. The van der Waals surface area contributed by atoms with E-state index in [4.69, 9.17) is 0 Å². The zero-order valence-electron chi connectivity index (χ0n) is 16.4. The number of aliphatic carboxylic acids is 1. The van der Waals surface area contributed by atoms with Crippen molar-refractivity contribution in [3.8, 4) is 0 Å². The van der Waals surface area contributed by atoms with Gasteiger partial charge in [-0.25, -0.2) is 14.8 Å². The molecule has 0 saturated carbocycles. The van der Waals surface area contributed by atoms with E-state index in [9.17, 15) is 9.90 Å². The van der Waals surface area contributed by atoms with Crippen LogP contribution in [-0.4, -0.2) is 21.0 Å². The second kappa shape index (κ2) is 11.3. The minimum atomic E-state index is -0.984. The Morgan fingerprint density at radius 3 is 2.33 bits per heavy atom. The molecule has 0 spiro atoms. The van der Waals surface area contributed by atoms with Crippen molar-refractivity contribution in [2.45, 2.75) is 64.7 Å². The smallest absolute Gasteiger partial charge is 0.339 e. The lowest BCUT2D eigenvalue weighted by molar-refractivity contribution is -0.130. The van der Waals surface area contributed by atoms with Gasteiger partial charge in [0.25, 0.3) is 0 Å². The average molecular weight is 367 g/mol. The number of carbonyl (C=O) groups is 1. The van der Waals surface area contributed by atoms with Gasteiger partial charge in [0.1, 0.15) is 5.57 Å². The van der Waals surface area contributed by atoms with Crippen LogP contribution in [0.4, 0.5) is 0 Å². The highest BCUT2D eigenvalue weighted by Crippen LogP contribution is 2.26. The largest absolute Gasteiger partial charge is 0.478 e. The number of allylic oxidation sites excluding steroid dienone is 1. The molecule has 0 aliphatic carbocycles. The zero-order chi connectivity index (χ0) is 19.5. The highest BCUT2D eigenvalue weighted by atomic mass is 16.4. The number of rotatable bonds is 11. The summed E-state index contributed by atoms with van der Waals surface area (Å²) in [5, 5.41) is 9.71. The topological polar surface area (TPSA) is 63.1 Å². The van der Waals surface area contributed by atoms with E-state index in [1.54, 1.807) is 18.5 Å². The number of carboxylic acid groups (broad SMARTS) is 1. The number of nitrogens with zero attached hydrogens (tertiary/aromatic N) is 2. The average Bonchev–Trinajstić information content (AvgIpc) is 2.69. The van der Waals surface area contributed by atoms with Crippen molar-refractivity contribution in [2.75, 3.05) is 0 Å². The van der Waals surface area contributed by atoms with Gasteiger partial charge in [-0.3, -0.25) is 0 Å². The van der Waals surface area contributed by atoms with Gasteiger partial charge in [-0.15, -0.1) is 0 Å².